The molecule has 1 N–H and O–H groups in total. The van der Waals surface area contributed by atoms with E-state index in [0.717, 1.165) is 63.8 Å². The van der Waals surface area contributed by atoms with Crippen LogP contribution in [0.2, 0.25) is 0 Å². The lowest BCUT2D eigenvalue weighted by atomic mass is 9.73. The van der Waals surface area contributed by atoms with Gasteiger partial charge in [-0.3, -0.25) is 4.79 Å². The minimum atomic E-state index is -0.352. The molecule has 3 heterocycles. The van der Waals surface area contributed by atoms with Crippen molar-refractivity contribution < 1.29 is 14.3 Å². The maximum atomic E-state index is 12.9. The van der Waals surface area contributed by atoms with Crippen molar-refractivity contribution in [1.29, 1.82) is 0 Å². The zero-order valence-corrected chi connectivity index (χ0v) is 18.9. The Morgan fingerprint density at radius 2 is 1.78 bits per heavy atom. The van der Waals surface area contributed by atoms with E-state index in [1.807, 2.05) is 18.2 Å². The Labute approximate surface area is 190 Å². The molecule has 4 fully saturated rings. The third-order valence-electron chi connectivity index (χ3n) is 9.10. The molecular formula is C26H35N3O3. The number of rotatable bonds is 2. The highest BCUT2D eigenvalue weighted by Gasteiger charge is 2.51. The summed E-state index contributed by atoms with van der Waals surface area (Å²) in [6.07, 6.45) is 10.8. The van der Waals surface area contributed by atoms with E-state index in [2.05, 4.69) is 21.2 Å². The van der Waals surface area contributed by atoms with Crippen LogP contribution in [0.1, 0.15) is 69.8 Å². The summed E-state index contributed by atoms with van der Waals surface area (Å²) in [5.41, 5.74) is 1.83. The Kier molecular flexibility index (Phi) is 5.16. The van der Waals surface area contributed by atoms with Crippen LogP contribution in [-0.4, -0.2) is 59.6 Å². The zero-order valence-electron chi connectivity index (χ0n) is 18.9. The second-order valence-corrected chi connectivity index (χ2v) is 10.7. The standard InChI is InChI=1S/C26H35N3O3/c30-24-26(21-9-3-4-10-22(21)27-24)11-14-28(15-12-26)19-16-18-6-5-13-29(23(18)17-19)25(31)32-20-7-1-2-8-20/h3-4,9-10,18-20,23H,1-2,5-8,11-17H2,(H,27,30). The summed E-state index contributed by atoms with van der Waals surface area (Å²) >= 11 is 0. The molecule has 6 rings (SSSR count). The molecule has 3 unspecified atom stereocenters. The van der Waals surface area contributed by atoms with E-state index in [0.29, 0.717) is 18.0 Å². The number of nitrogens with zero attached hydrogens (tertiary/aromatic N) is 2. The van der Waals surface area contributed by atoms with E-state index in [9.17, 15) is 9.59 Å². The fourth-order valence-electron chi connectivity index (χ4n) is 7.34. The molecule has 1 aromatic rings. The number of amides is 2. The number of para-hydroxylation sites is 1. The molecule has 2 saturated carbocycles. The summed E-state index contributed by atoms with van der Waals surface area (Å²) < 4.78 is 5.88. The van der Waals surface area contributed by atoms with Gasteiger partial charge in [-0.15, -0.1) is 0 Å². The van der Waals surface area contributed by atoms with Crippen LogP contribution in [-0.2, 0) is 14.9 Å². The monoisotopic (exact) mass is 437 g/mol. The molecule has 2 amide bonds. The summed E-state index contributed by atoms with van der Waals surface area (Å²) in [7, 11) is 0. The van der Waals surface area contributed by atoms with Crippen LogP contribution in [0.3, 0.4) is 0 Å². The van der Waals surface area contributed by atoms with Gasteiger partial charge in [0.15, 0.2) is 0 Å². The van der Waals surface area contributed by atoms with Gasteiger partial charge in [0.05, 0.1) is 5.41 Å². The van der Waals surface area contributed by atoms with E-state index < -0.39 is 0 Å². The summed E-state index contributed by atoms with van der Waals surface area (Å²) in [5, 5.41) is 3.12. The van der Waals surface area contributed by atoms with Crippen LogP contribution in [0.25, 0.3) is 0 Å². The Morgan fingerprint density at radius 3 is 2.59 bits per heavy atom. The Hall–Kier alpha value is -2.08. The van der Waals surface area contributed by atoms with E-state index in [1.165, 1.54) is 31.2 Å². The first-order valence-corrected chi connectivity index (χ1v) is 12.8. The molecular weight excluding hydrogens is 402 g/mol. The highest BCUT2D eigenvalue weighted by molar-refractivity contribution is 6.06. The van der Waals surface area contributed by atoms with Crippen LogP contribution >= 0.6 is 0 Å². The number of carbonyl (C=O) groups is 2. The number of carbonyl (C=O) groups excluding carboxylic acids is 2. The van der Waals surface area contributed by atoms with Crippen molar-refractivity contribution in [3.8, 4) is 0 Å². The summed E-state index contributed by atoms with van der Waals surface area (Å²) in [6, 6.07) is 9.04. The van der Waals surface area contributed by atoms with E-state index in [1.54, 1.807) is 0 Å². The molecule has 2 aliphatic carbocycles. The van der Waals surface area contributed by atoms with Crippen molar-refractivity contribution in [2.45, 2.75) is 87.8 Å². The fraction of sp³-hybridized carbons (Fsp3) is 0.692. The first-order chi connectivity index (χ1) is 15.6. The van der Waals surface area contributed by atoms with Gasteiger partial charge in [0.1, 0.15) is 6.10 Å². The normalized spacial score (nSPS) is 32.1. The Balaban J connectivity index is 1.11. The Bertz CT molecular complexity index is 888. The lowest BCUT2D eigenvalue weighted by molar-refractivity contribution is -0.122. The number of anilines is 1. The van der Waals surface area contributed by atoms with Gasteiger partial charge in [0, 0.05) is 24.3 Å². The van der Waals surface area contributed by atoms with E-state index >= 15 is 0 Å². The minimum Gasteiger partial charge on any atom is -0.446 e. The van der Waals surface area contributed by atoms with Gasteiger partial charge in [-0.1, -0.05) is 18.2 Å². The van der Waals surface area contributed by atoms with Crippen LogP contribution < -0.4 is 5.32 Å². The zero-order chi connectivity index (χ0) is 21.7. The third kappa shape index (κ3) is 3.33. The van der Waals surface area contributed by atoms with Gasteiger partial charge >= 0.3 is 6.09 Å². The number of ether oxygens (including phenoxy) is 1. The summed E-state index contributed by atoms with van der Waals surface area (Å²) in [5.74, 6) is 0.774. The van der Waals surface area contributed by atoms with Gasteiger partial charge in [-0.05, 0) is 94.8 Å². The molecule has 0 radical (unpaired) electrons. The van der Waals surface area contributed by atoms with Crippen LogP contribution in [0.4, 0.5) is 10.5 Å². The van der Waals surface area contributed by atoms with Crippen LogP contribution in [0.15, 0.2) is 24.3 Å². The SMILES string of the molecule is O=C(OC1CCCC1)N1CCCC2CC(N3CCC4(CC3)C(=O)Nc3ccccc34)CC21. The second-order valence-electron chi connectivity index (χ2n) is 10.7. The maximum Gasteiger partial charge on any atom is 0.410 e. The number of likely N-dealkylation sites (tertiary alicyclic amines) is 2. The molecule has 3 aliphatic heterocycles. The summed E-state index contributed by atoms with van der Waals surface area (Å²) in [6.45, 7) is 2.76. The molecule has 6 heteroatoms. The quantitative estimate of drug-likeness (QED) is 0.750. The van der Waals surface area contributed by atoms with Crippen molar-refractivity contribution in [2.24, 2.45) is 5.92 Å². The van der Waals surface area contributed by atoms with Gasteiger partial charge in [-0.2, -0.15) is 0 Å². The molecule has 5 aliphatic rings. The molecule has 0 aromatic heterocycles. The molecule has 2 saturated heterocycles. The average Bonchev–Trinajstić information content (AvgIpc) is 3.53. The fourth-order valence-corrected chi connectivity index (χ4v) is 7.34. The highest BCUT2D eigenvalue weighted by Crippen LogP contribution is 2.47. The summed E-state index contributed by atoms with van der Waals surface area (Å²) in [4.78, 5) is 30.5. The molecule has 3 atom stereocenters. The predicted octanol–water partition coefficient (Wildman–Crippen LogP) is 4.29. The largest absolute Gasteiger partial charge is 0.446 e. The van der Waals surface area contributed by atoms with Gasteiger partial charge in [0.25, 0.3) is 0 Å². The number of nitrogens with one attached hydrogen (secondary N) is 1. The molecule has 172 valence electrons. The highest BCUT2D eigenvalue weighted by atomic mass is 16.6. The average molecular weight is 438 g/mol. The van der Waals surface area contributed by atoms with Gasteiger partial charge in [0.2, 0.25) is 5.91 Å². The van der Waals surface area contributed by atoms with Gasteiger partial charge in [-0.25, -0.2) is 4.79 Å². The molecule has 0 bridgehead atoms. The van der Waals surface area contributed by atoms with E-state index in [-0.39, 0.29) is 23.5 Å². The third-order valence-corrected chi connectivity index (χ3v) is 9.10. The van der Waals surface area contributed by atoms with Crippen molar-refractivity contribution in [3.05, 3.63) is 29.8 Å². The number of hydrogen-bond acceptors (Lipinski definition) is 4. The molecule has 1 spiro atoms. The molecule has 1 aromatic carbocycles. The van der Waals surface area contributed by atoms with Gasteiger partial charge < -0.3 is 19.9 Å². The van der Waals surface area contributed by atoms with Crippen molar-refractivity contribution in [3.63, 3.8) is 0 Å². The molecule has 6 nitrogen and oxygen atoms in total. The van der Waals surface area contributed by atoms with Crippen molar-refractivity contribution in [2.75, 3.05) is 25.0 Å². The van der Waals surface area contributed by atoms with Crippen LogP contribution in [0, 0.1) is 5.92 Å². The first-order valence-electron chi connectivity index (χ1n) is 12.8. The number of hydrogen-bond donors (Lipinski definition) is 1. The van der Waals surface area contributed by atoms with E-state index in [4.69, 9.17) is 4.74 Å². The maximum absolute atomic E-state index is 12.9. The van der Waals surface area contributed by atoms with Crippen LogP contribution in [0.5, 0.6) is 0 Å². The lowest BCUT2D eigenvalue weighted by Crippen LogP contribution is -2.50. The van der Waals surface area contributed by atoms with Crippen molar-refractivity contribution >= 4 is 17.7 Å². The number of benzene rings is 1. The first kappa shape index (κ1) is 20.5. The molecule has 32 heavy (non-hydrogen) atoms. The Morgan fingerprint density at radius 1 is 1.00 bits per heavy atom. The number of fused-ring (bicyclic) bond motifs is 3. The lowest BCUT2D eigenvalue weighted by Gasteiger charge is -2.41. The minimum absolute atomic E-state index is 0.0657. The predicted molar refractivity (Wildman–Crippen MR) is 123 cm³/mol. The topological polar surface area (TPSA) is 61.9 Å². The van der Waals surface area contributed by atoms with Crippen molar-refractivity contribution in [1.82, 2.24) is 9.80 Å². The smallest absolute Gasteiger partial charge is 0.410 e. The second kappa shape index (κ2) is 8.05. The number of piperidine rings is 2.